The Kier molecular flexibility index (Phi) is 5.25. The van der Waals surface area contributed by atoms with Gasteiger partial charge in [-0.05, 0) is 24.9 Å². The van der Waals surface area contributed by atoms with Gasteiger partial charge in [0, 0.05) is 5.92 Å². The summed E-state index contributed by atoms with van der Waals surface area (Å²) in [5.74, 6) is -0.0836. The van der Waals surface area contributed by atoms with Gasteiger partial charge >= 0.3 is 0 Å². The Morgan fingerprint density at radius 3 is 2.35 bits per heavy atom. The number of aliphatic hydroxyl groups is 1. The molecule has 20 heavy (non-hydrogen) atoms. The highest BCUT2D eigenvalue weighted by Gasteiger charge is 2.42. The summed E-state index contributed by atoms with van der Waals surface area (Å²) in [6.07, 6.45) is 2.24. The first kappa shape index (κ1) is 17.8. The summed E-state index contributed by atoms with van der Waals surface area (Å²) in [5, 5.41) is 12.3. The number of rotatable bonds is 6. The van der Waals surface area contributed by atoms with Crippen LogP contribution in [0.15, 0.2) is 11.0 Å². The number of aliphatic hydroxyl groups excluding tert-OH is 1. The normalized spacial score (nSPS) is 22.1. The monoisotopic (exact) mass is 320 g/mol. The molecule has 1 aliphatic rings. The molecule has 0 aromatic carbocycles. The van der Waals surface area contributed by atoms with Gasteiger partial charge in [0.1, 0.15) is 14.5 Å². The molecule has 1 unspecified atom stereocenters. The summed E-state index contributed by atoms with van der Waals surface area (Å²) in [7, 11) is -3.89. The minimum absolute atomic E-state index is 0.0512. The lowest BCUT2D eigenvalue weighted by atomic mass is 9.91. The maximum absolute atomic E-state index is 12.5. The van der Waals surface area contributed by atoms with E-state index in [-0.39, 0.29) is 11.0 Å². The van der Waals surface area contributed by atoms with Crippen LogP contribution in [0.5, 0.6) is 0 Å². The zero-order valence-electron chi connectivity index (χ0n) is 13.3. The third-order valence-corrected chi connectivity index (χ3v) is 12.4. The van der Waals surface area contributed by atoms with Gasteiger partial charge in [0.2, 0.25) is 10.0 Å². The first-order valence-electron chi connectivity index (χ1n) is 7.00. The standard InChI is InChI=1S/C13H28N2O3SSi/c1-13(2,3)20(5,6)15-19(17,18)11-8-7-10(11)9-12(16)14-4/h8,10,12,14-16H,7,9H2,1-6H3/t10-,12?/m1/s1. The number of nitrogens with one attached hydrogen (secondary N) is 2. The summed E-state index contributed by atoms with van der Waals surface area (Å²) in [6, 6.07) is 0. The van der Waals surface area contributed by atoms with Gasteiger partial charge in [0.05, 0.1) is 4.91 Å². The van der Waals surface area contributed by atoms with Gasteiger partial charge in [-0.25, -0.2) is 12.8 Å². The van der Waals surface area contributed by atoms with Crippen LogP contribution in [0, 0.1) is 5.92 Å². The SMILES string of the molecule is CNC(O)C[C@H]1CC=C1S(=O)(=O)N[Si](C)(C)C(C)(C)C. The summed E-state index contributed by atoms with van der Waals surface area (Å²) < 4.78 is 28.0. The van der Waals surface area contributed by atoms with Crippen molar-refractivity contribution < 1.29 is 13.5 Å². The Hall–Kier alpha value is -0.213. The highest BCUT2D eigenvalue weighted by atomic mass is 32.2. The second kappa shape index (κ2) is 5.88. The minimum atomic E-state index is -3.43. The van der Waals surface area contributed by atoms with Crippen LogP contribution in [-0.2, 0) is 10.0 Å². The molecule has 0 aliphatic heterocycles. The Bertz CT molecular complexity index is 480. The van der Waals surface area contributed by atoms with E-state index in [9.17, 15) is 13.5 Å². The van der Waals surface area contributed by atoms with Gasteiger partial charge in [0.15, 0.2) is 0 Å². The molecule has 0 radical (unpaired) electrons. The van der Waals surface area contributed by atoms with Crippen LogP contribution in [0.3, 0.4) is 0 Å². The lowest BCUT2D eigenvalue weighted by Crippen LogP contribution is -2.55. The van der Waals surface area contributed by atoms with E-state index in [1.165, 1.54) is 0 Å². The van der Waals surface area contributed by atoms with Crippen LogP contribution in [0.25, 0.3) is 0 Å². The summed E-state index contributed by atoms with van der Waals surface area (Å²) >= 11 is 0. The third-order valence-electron chi connectivity index (χ3n) is 4.42. The van der Waals surface area contributed by atoms with Crippen LogP contribution in [0.2, 0.25) is 18.1 Å². The molecule has 0 aromatic heterocycles. The largest absolute Gasteiger partial charge is 0.379 e. The van der Waals surface area contributed by atoms with Crippen molar-refractivity contribution in [2.45, 2.75) is 58.0 Å². The van der Waals surface area contributed by atoms with Gasteiger partial charge in [-0.2, -0.15) is 0 Å². The van der Waals surface area contributed by atoms with E-state index >= 15 is 0 Å². The molecule has 7 heteroatoms. The van der Waals surface area contributed by atoms with Crippen LogP contribution < -0.4 is 9.70 Å². The molecule has 2 atom stereocenters. The molecular weight excluding hydrogens is 292 g/mol. The maximum Gasteiger partial charge on any atom is 0.230 e. The van der Waals surface area contributed by atoms with Gasteiger partial charge in [-0.1, -0.05) is 39.9 Å². The average molecular weight is 321 g/mol. The molecule has 0 heterocycles. The molecule has 0 bridgehead atoms. The van der Waals surface area contributed by atoms with Crippen LogP contribution in [0.4, 0.5) is 0 Å². The Morgan fingerprint density at radius 1 is 1.45 bits per heavy atom. The fraction of sp³-hybridized carbons (Fsp3) is 0.846. The molecule has 0 amide bonds. The predicted octanol–water partition coefficient (Wildman–Crippen LogP) is 1.74. The van der Waals surface area contributed by atoms with E-state index in [0.29, 0.717) is 17.7 Å². The first-order valence-corrected chi connectivity index (χ1v) is 11.5. The maximum atomic E-state index is 12.5. The summed E-state index contributed by atoms with van der Waals surface area (Å²) in [5.41, 5.74) is 0. The van der Waals surface area contributed by atoms with Gasteiger partial charge < -0.3 is 5.11 Å². The minimum Gasteiger partial charge on any atom is -0.379 e. The zero-order chi connectivity index (χ0) is 15.8. The van der Waals surface area contributed by atoms with Crippen molar-refractivity contribution in [3.63, 3.8) is 0 Å². The summed E-state index contributed by atoms with van der Waals surface area (Å²) in [6.45, 7) is 10.3. The highest BCUT2D eigenvalue weighted by Crippen LogP contribution is 2.38. The number of hydrogen-bond donors (Lipinski definition) is 3. The molecule has 0 aromatic rings. The lowest BCUT2D eigenvalue weighted by Gasteiger charge is -2.38. The van der Waals surface area contributed by atoms with Crippen molar-refractivity contribution in [3.8, 4) is 0 Å². The Labute approximate surface area is 124 Å². The first-order chi connectivity index (χ1) is 8.90. The van der Waals surface area contributed by atoms with Gasteiger partial charge in [-0.15, -0.1) is 0 Å². The Balaban J connectivity index is 2.81. The van der Waals surface area contributed by atoms with Gasteiger partial charge in [0.25, 0.3) is 0 Å². The van der Waals surface area contributed by atoms with Crippen molar-refractivity contribution in [1.29, 1.82) is 0 Å². The van der Waals surface area contributed by atoms with E-state index < -0.39 is 24.5 Å². The van der Waals surface area contributed by atoms with E-state index in [1.54, 1.807) is 13.1 Å². The second-order valence-corrected chi connectivity index (χ2v) is 14.1. The van der Waals surface area contributed by atoms with Crippen molar-refractivity contribution in [2.24, 2.45) is 5.92 Å². The van der Waals surface area contributed by atoms with Crippen LogP contribution in [0.1, 0.15) is 33.6 Å². The summed E-state index contributed by atoms with van der Waals surface area (Å²) in [4.78, 5) is 0.441. The zero-order valence-corrected chi connectivity index (χ0v) is 15.1. The van der Waals surface area contributed by atoms with E-state index in [0.717, 1.165) is 0 Å². The van der Waals surface area contributed by atoms with Crippen molar-refractivity contribution >= 4 is 18.3 Å². The van der Waals surface area contributed by atoms with Crippen molar-refractivity contribution in [1.82, 2.24) is 9.70 Å². The number of allylic oxidation sites excluding steroid dienone is 2. The van der Waals surface area contributed by atoms with E-state index in [1.807, 2.05) is 13.1 Å². The molecule has 1 rings (SSSR count). The predicted molar refractivity (Wildman–Crippen MR) is 85.1 cm³/mol. The lowest BCUT2D eigenvalue weighted by molar-refractivity contribution is 0.121. The van der Waals surface area contributed by atoms with Gasteiger partial charge in [-0.3, -0.25) is 5.32 Å². The second-order valence-electron chi connectivity index (χ2n) is 7.06. The highest BCUT2D eigenvalue weighted by molar-refractivity contribution is 7.94. The molecule has 118 valence electrons. The molecule has 0 spiro atoms. The molecular formula is C13H28N2O3SSi. The fourth-order valence-electron chi connectivity index (χ4n) is 1.86. The molecule has 0 saturated heterocycles. The van der Waals surface area contributed by atoms with Crippen molar-refractivity contribution in [2.75, 3.05) is 7.05 Å². The Morgan fingerprint density at radius 2 is 2.00 bits per heavy atom. The molecule has 5 nitrogen and oxygen atoms in total. The van der Waals surface area contributed by atoms with Crippen LogP contribution >= 0.6 is 0 Å². The molecule has 0 fully saturated rings. The fourth-order valence-corrected chi connectivity index (χ4v) is 7.19. The number of hydrogen-bond acceptors (Lipinski definition) is 4. The smallest absolute Gasteiger partial charge is 0.230 e. The molecule has 3 N–H and O–H groups in total. The van der Waals surface area contributed by atoms with E-state index in [4.69, 9.17) is 0 Å². The third kappa shape index (κ3) is 3.91. The van der Waals surface area contributed by atoms with E-state index in [2.05, 4.69) is 30.5 Å². The number of sulfonamides is 1. The molecule has 1 aliphatic carbocycles. The topological polar surface area (TPSA) is 78.4 Å². The van der Waals surface area contributed by atoms with Crippen molar-refractivity contribution in [3.05, 3.63) is 11.0 Å². The van der Waals surface area contributed by atoms with Crippen LogP contribution in [-0.4, -0.2) is 35.0 Å². The quantitative estimate of drug-likeness (QED) is 0.514. The average Bonchev–Trinajstić information content (AvgIpc) is 2.19. The molecule has 0 saturated carbocycles.